The maximum absolute atomic E-state index is 13.7. The van der Waals surface area contributed by atoms with Gasteiger partial charge in [0.25, 0.3) is 11.5 Å². The Labute approximate surface area is 277 Å². The molecular formula is C29H29N4O9S4-. The Morgan fingerprint density at radius 3 is 2.35 bits per heavy atom. The second kappa shape index (κ2) is 14.7. The molecule has 46 heavy (non-hydrogen) atoms. The van der Waals surface area contributed by atoms with E-state index in [1.54, 1.807) is 18.2 Å². The molecule has 0 unspecified atom stereocenters. The van der Waals surface area contributed by atoms with Crippen LogP contribution in [0.5, 0.6) is 0 Å². The molecule has 0 radical (unpaired) electrons. The van der Waals surface area contributed by atoms with E-state index >= 15 is 0 Å². The molecule has 2 N–H and O–H groups in total. The molecule has 1 fully saturated rings. The van der Waals surface area contributed by atoms with Gasteiger partial charge in [-0.15, -0.1) is 0 Å². The number of carboxylic acids is 2. The predicted molar refractivity (Wildman–Crippen MR) is 178 cm³/mol. The molecule has 2 aliphatic heterocycles. The summed E-state index contributed by atoms with van der Waals surface area (Å²) in [5.41, 5.74) is 1.57. The molecule has 1 aromatic carbocycles. The zero-order valence-corrected chi connectivity index (χ0v) is 27.9. The van der Waals surface area contributed by atoms with Crippen molar-refractivity contribution in [3.05, 3.63) is 85.4 Å². The molecule has 2 aliphatic rings. The molecule has 1 saturated heterocycles. The number of rotatable bonds is 12. The predicted octanol–water partition coefficient (Wildman–Crippen LogP) is 1.27. The number of imidazole rings is 1. The van der Waals surface area contributed by atoms with Crippen LogP contribution in [0.4, 0.5) is 0 Å². The van der Waals surface area contributed by atoms with Crippen molar-refractivity contribution < 1.29 is 37.6 Å². The highest BCUT2D eigenvalue weighted by Gasteiger charge is 2.36. The maximum Gasteiger partial charge on any atom is 0.323 e. The number of hydrogen-bond donors (Lipinski definition) is 2. The molecule has 0 bridgehead atoms. The van der Waals surface area contributed by atoms with Crippen LogP contribution in [0.3, 0.4) is 0 Å². The van der Waals surface area contributed by atoms with Gasteiger partial charge in [0, 0.05) is 25.0 Å². The van der Waals surface area contributed by atoms with Gasteiger partial charge in [-0.05, 0) is 48.5 Å². The van der Waals surface area contributed by atoms with Gasteiger partial charge in [-0.25, -0.2) is 8.42 Å². The van der Waals surface area contributed by atoms with E-state index in [0.29, 0.717) is 24.1 Å². The van der Waals surface area contributed by atoms with Crippen LogP contribution in [0.15, 0.2) is 63.4 Å². The molecule has 0 atom stereocenters. The maximum atomic E-state index is 13.7. The highest BCUT2D eigenvalue weighted by Crippen LogP contribution is 2.35. The average molecular weight is 706 g/mol. The number of amides is 1. The number of aliphatic carboxylic acids is 2. The third kappa shape index (κ3) is 8.27. The van der Waals surface area contributed by atoms with E-state index in [0.717, 1.165) is 32.0 Å². The van der Waals surface area contributed by atoms with Crippen molar-refractivity contribution in [1.82, 2.24) is 18.9 Å². The number of carbonyl (C=O) groups is 3. The van der Waals surface area contributed by atoms with Crippen molar-refractivity contribution in [1.29, 1.82) is 0 Å². The molecule has 13 nitrogen and oxygen atoms in total. The molecule has 0 spiro atoms. The standard InChI is InChI=1S/C29H30N4O9S4/c1-18-17-44-22(31(18)12-6-7-13-46(40,41)42)11-10-20(19-8-4-3-5-9-19)14-21-27(38)30(2)26(32(21)15-23(34)35)25-28(39)33(16-24(36)37)29(43)45-25/h3-5,8-11,14,17H,6-7,12-13,15-16H2,1-2H3,(H,34,35)(H,36,37)(H,40,41,42)/p-1/b20-10?,21-14?,22-11?,26-25+. The largest absolute Gasteiger partial charge is 0.748 e. The highest BCUT2D eigenvalue weighted by atomic mass is 32.2. The van der Waals surface area contributed by atoms with Gasteiger partial charge >= 0.3 is 11.9 Å². The van der Waals surface area contributed by atoms with E-state index in [4.69, 9.17) is 12.2 Å². The number of allylic oxidation sites excluding steroid dienone is 4. The van der Waals surface area contributed by atoms with Crippen molar-refractivity contribution in [2.24, 2.45) is 7.05 Å². The number of benzene rings is 1. The second-order valence-corrected chi connectivity index (χ2v) is 14.2. The van der Waals surface area contributed by atoms with Crippen LogP contribution in [-0.2, 0) is 38.1 Å². The molecule has 1 aromatic heterocycles. The van der Waals surface area contributed by atoms with Crippen molar-refractivity contribution in [3.63, 3.8) is 0 Å². The molecule has 244 valence electrons. The van der Waals surface area contributed by atoms with E-state index in [9.17, 15) is 42.4 Å². The Morgan fingerprint density at radius 1 is 1.04 bits per heavy atom. The van der Waals surface area contributed by atoms with Crippen LogP contribution < -0.4 is 16.4 Å². The number of thiocarbonyl (C=S) groups is 1. The van der Waals surface area contributed by atoms with Gasteiger partial charge in [-0.3, -0.25) is 28.6 Å². The van der Waals surface area contributed by atoms with Gasteiger partial charge in [0.15, 0.2) is 0 Å². The number of unbranched alkanes of at least 4 members (excludes halogenated alkanes) is 1. The van der Waals surface area contributed by atoms with Crippen LogP contribution in [0, 0.1) is 0 Å². The Hall–Kier alpha value is -3.90. The number of nitrogens with zero attached hydrogens (tertiary/aromatic N) is 4. The molecule has 17 heteroatoms. The molecule has 1 amide bonds. The molecule has 3 heterocycles. The summed E-state index contributed by atoms with van der Waals surface area (Å²) < 4.78 is 35.3. The summed E-state index contributed by atoms with van der Waals surface area (Å²) in [7, 11) is -2.91. The minimum atomic E-state index is -4.30. The third-order valence-corrected chi connectivity index (χ3v) is 10.2. The van der Waals surface area contributed by atoms with E-state index in [2.05, 4.69) is 0 Å². The number of carbonyl (C=O) groups excluding carboxylic acids is 1. The van der Waals surface area contributed by atoms with Gasteiger partial charge in [0.05, 0.1) is 15.1 Å². The quantitative estimate of drug-likeness (QED) is 0.183. The molecule has 0 aliphatic carbocycles. The average Bonchev–Trinajstić information content (AvgIpc) is 3.54. The first-order valence-corrected chi connectivity index (χ1v) is 17.4. The Morgan fingerprint density at radius 2 is 1.72 bits per heavy atom. The lowest BCUT2D eigenvalue weighted by Gasteiger charge is -2.21. The Bertz CT molecular complexity index is 1980. The zero-order chi connectivity index (χ0) is 33.8. The second-order valence-electron chi connectivity index (χ2n) is 10.2. The van der Waals surface area contributed by atoms with E-state index in [-0.39, 0.29) is 26.5 Å². The summed E-state index contributed by atoms with van der Waals surface area (Å²) >= 11 is 7.45. The molecule has 4 rings (SSSR count). The number of hydrogen-bond acceptors (Lipinski definition) is 11. The fourth-order valence-electron chi connectivity index (χ4n) is 4.77. The van der Waals surface area contributed by atoms with Crippen LogP contribution in [-0.4, -0.2) is 83.1 Å². The van der Waals surface area contributed by atoms with Crippen LogP contribution >= 0.6 is 35.7 Å². The Kier molecular flexibility index (Phi) is 11.2. The molecular weight excluding hydrogens is 677 g/mol. The van der Waals surface area contributed by atoms with Crippen LogP contribution in [0.2, 0.25) is 0 Å². The smallest absolute Gasteiger partial charge is 0.323 e. The fourth-order valence-corrected chi connectivity index (χ4v) is 7.62. The summed E-state index contributed by atoms with van der Waals surface area (Å²) in [5, 5.41) is 21.7. The topological polar surface area (TPSA) is 182 Å². The number of aromatic nitrogens is 2. The monoisotopic (exact) mass is 705 g/mol. The van der Waals surface area contributed by atoms with E-state index < -0.39 is 52.4 Å². The van der Waals surface area contributed by atoms with E-state index in [1.165, 1.54) is 29.5 Å². The summed E-state index contributed by atoms with van der Waals surface area (Å²) in [6.07, 6.45) is 5.81. The number of carboxylic acid groups (broad SMARTS) is 2. The molecule has 0 saturated carbocycles. The zero-order valence-electron chi connectivity index (χ0n) is 24.6. The molecule has 2 aromatic rings. The summed E-state index contributed by atoms with van der Waals surface area (Å²) in [6, 6.07) is 9.06. The van der Waals surface area contributed by atoms with Crippen LogP contribution in [0.25, 0.3) is 16.6 Å². The van der Waals surface area contributed by atoms with E-state index in [1.807, 2.05) is 41.5 Å². The van der Waals surface area contributed by atoms with Crippen molar-refractivity contribution in [2.45, 2.75) is 26.3 Å². The first-order chi connectivity index (χ1) is 21.7. The summed E-state index contributed by atoms with van der Waals surface area (Å²) in [5.74, 6) is -3.75. The number of thioether (sulfide) groups is 2. The van der Waals surface area contributed by atoms with Gasteiger partial charge < -0.3 is 24.2 Å². The first kappa shape index (κ1) is 35.0. The first-order valence-electron chi connectivity index (χ1n) is 13.7. The lowest BCUT2D eigenvalue weighted by atomic mass is 10.0. The Balaban J connectivity index is 1.86. The highest BCUT2D eigenvalue weighted by molar-refractivity contribution is 8.30. The van der Waals surface area contributed by atoms with Crippen molar-refractivity contribution in [2.75, 3.05) is 18.8 Å². The van der Waals surface area contributed by atoms with Gasteiger partial charge in [0.2, 0.25) is 0 Å². The van der Waals surface area contributed by atoms with Crippen LogP contribution in [0.1, 0.15) is 25.3 Å². The summed E-state index contributed by atoms with van der Waals surface area (Å²) in [6.45, 7) is 1.03. The summed E-state index contributed by atoms with van der Waals surface area (Å²) in [4.78, 5) is 53.0. The fraction of sp³-hybridized carbons (Fsp3) is 0.276. The normalized spacial score (nSPS) is 18.2. The SMILES string of the molecule is CC1=CSC(=CC=C(C=c2c(=O)n(C)/c(=C3\SC(=S)N(CC(=O)O)C3=O)n2CC(=O)O)c2ccccc2)N1CCCCS(=O)(=O)[O-]. The minimum absolute atomic E-state index is 0.0212. The van der Waals surface area contributed by atoms with Crippen molar-refractivity contribution in [3.8, 4) is 0 Å². The third-order valence-electron chi connectivity index (χ3n) is 6.90. The lowest BCUT2D eigenvalue weighted by Crippen LogP contribution is -2.37. The van der Waals surface area contributed by atoms with Gasteiger partial charge in [-0.2, -0.15) is 0 Å². The van der Waals surface area contributed by atoms with Crippen molar-refractivity contribution >= 4 is 84.6 Å². The lowest BCUT2D eigenvalue weighted by molar-refractivity contribution is -0.140. The van der Waals surface area contributed by atoms with Gasteiger partial charge in [-0.1, -0.05) is 72.1 Å². The van der Waals surface area contributed by atoms with Gasteiger partial charge in [0.1, 0.15) is 33.1 Å². The minimum Gasteiger partial charge on any atom is -0.748 e.